The molecule has 114 valence electrons. The van der Waals surface area contributed by atoms with Crippen LogP contribution in [0.4, 0.5) is 0 Å². The van der Waals surface area contributed by atoms with E-state index in [1.807, 2.05) is 0 Å². The SMILES string of the molecule is O=C1CC[C@H](C(=O)NCCCOc2ccc(Cl)cc2Cl)N1. The highest BCUT2D eigenvalue weighted by Gasteiger charge is 2.26. The second-order valence-electron chi connectivity index (χ2n) is 4.73. The molecule has 0 unspecified atom stereocenters. The molecule has 1 heterocycles. The zero-order chi connectivity index (χ0) is 15.2. The zero-order valence-corrected chi connectivity index (χ0v) is 12.8. The van der Waals surface area contributed by atoms with Crippen molar-refractivity contribution in [1.29, 1.82) is 0 Å². The number of carbonyl (C=O) groups is 2. The molecule has 0 bridgehead atoms. The number of hydrogen-bond acceptors (Lipinski definition) is 3. The quantitative estimate of drug-likeness (QED) is 0.785. The van der Waals surface area contributed by atoms with Gasteiger partial charge in [0.15, 0.2) is 0 Å². The minimum atomic E-state index is -0.399. The average molecular weight is 331 g/mol. The highest BCUT2D eigenvalue weighted by Crippen LogP contribution is 2.27. The second kappa shape index (κ2) is 7.52. The first-order valence-electron chi connectivity index (χ1n) is 6.71. The van der Waals surface area contributed by atoms with E-state index in [2.05, 4.69) is 10.6 Å². The minimum absolute atomic E-state index is 0.0733. The molecule has 0 aliphatic carbocycles. The van der Waals surface area contributed by atoms with Crippen molar-refractivity contribution in [3.05, 3.63) is 28.2 Å². The Kier molecular flexibility index (Phi) is 5.70. The second-order valence-corrected chi connectivity index (χ2v) is 5.57. The first-order chi connectivity index (χ1) is 10.1. The Morgan fingerprint density at radius 1 is 1.43 bits per heavy atom. The van der Waals surface area contributed by atoms with E-state index in [1.54, 1.807) is 18.2 Å². The normalized spacial score (nSPS) is 17.4. The Labute approximate surface area is 132 Å². The van der Waals surface area contributed by atoms with E-state index >= 15 is 0 Å². The molecule has 2 amide bonds. The lowest BCUT2D eigenvalue weighted by Gasteiger charge is -2.11. The number of ether oxygens (including phenoxy) is 1. The topological polar surface area (TPSA) is 67.4 Å². The highest BCUT2D eigenvalue weighted by molar-refractivity contribution is 6.35. The molecule has 1 aliphatic heterocycles. The van der Waals surface area contributed by atoms with Crippen LogP contribution < -0.4 is 15.4 Å². The Balaban J connectivity index is 1.63. The Bertz CT molecular complexity index is 537. The maximum atomic E-state index is 11.7. The van der Waals surface area contributed by atoms with Crippen LogP contribution in [0.3, 0.4) is 0 Å². The summed E-state index contributed by atoms with van der Waals surface area (Å²) in [6, 6.07) is 4.62. The lowest BCUT2D eigenvalue weighted by molar-refractivity contribution is -0.125. The van der Waals surface area contributed by atoms with Gasteiger partial charge in [0.25, 0.3) is 0 Å². The number of hydrogen-bond donors (Lipinski definition) is 2. The largest absolute Gasteiger partial charge is 0.492 e. The summed E-state index contributed by atoms with van der Waals surface area (Å²) in [4.78, 5) is 22.7. The lowest BCUT2D eigenvalue weighted by Crippen LogP contribution is -2.42. The summed E-state index contributed by atoms with van der Waals surface area (Å²) < 4.78 is 5.50. The van der Waals surface area contributed by atoms with Gasteiger partial charge in [-0.2, -0.15) is 0 Å². The molecular weight excluding hydrogens is 315 g/mol. The summed E-state index contributed by atoms with van der Waals surface area (Å²) in [6.45, 7) is 0.912. The van der Waals surface area contributed by atoms with Crippen molar-refractivity contribution in [2.24, 2.45) is 0 Å². The molecule has 0 saturated carbocycles. The van der Waals surface area contributed by atoms with Crippen molar-refractivity contribution in [3.63, 3.8) is 0 Å². The molecule has 21 heavy (non-hydrogen) atoms. The Hall–Kier alpha value is -1.46. The van der Waals surface area contributed by atoms with Crippen molar-refractivity contribution < 1.29 is 14.3 Å². The standard InChI is InChI=1S/C14H16Cl2N2O3/c15-9-2-4-12(10(16)8-9)21-7-1-6-17-14(20)11-3-5-13(19)18-11/h2,4,8,11H,1,3,5-7H2,(H,17,20)(H,18,19)/t11-/m1/s1. The van der Waals surface area contributed by atoms with Gasteiger partial charge in [0.05, 0.1) is 11.6 Å². The maximum absolute atomic E-state index is 11.7. The third-order valence-electron chi connectivity index (χ3n) is 3.08. The van der Waals surface area contributed by atoms with Gasteiger partial charge in [-0.1, -0.05) is 23.2 Å². The van der Waals surface area contributed by atoms with Gasteiger partial charge in [-0.15, -0.1) is 0 Å². The predicted molar refractivity (Wildman–Crippen MR) is 80.7 cm³/mol. The molecule has 7 heteroatoms. The summed E-state index contributed by atoms with van der Waals surface area (Å²) in [5, 5.41) is 6.40. The minimum Gasteiger partial charge on any atom is -0.492 e. The zero-order valence-electron chi connectivity index (χ0n) is 11.3. The van der Waals surface area contributed by atoms with Crippen molar-refractivity contribution >= 4 is 35.0 Å². The summed E-state index contributed by atoms with van der Waals surface area (Å²) in [6.07, 6.45) is 1.61. The predicted octanol–water partition coefficient (Wildman–Crippen LogP) is 2.16. The van der Waals surface area contributed by atoms with Crippen LogP contribution >= 0.6 is 23.2 Å². The Morgan fingerprint density at radius 2 is 2.24 bits per heavy atom. The van der Waals surface area contributed by atoms with Gasteiger partial charge >= 0.3 is 0 Å². The molecule has 1 aliphatic rings. The smallest absolute Gasteiger partial charge is 0.242 e. The highest BCUT2D eigenvalue weighted by atomic mass is 35.5. The fourth-order valence-corrected chi connectivity index (χ4v) is 2.46. The molecule has 1 saturated heterocycles. The third kappa shape index (κ3) is 4.79. The third-order valence-corrected chi connectivity index (χ3v) is 3.61. The van der Waals surface area contributed by atoms with Crippen molar-refractivity contribution in [1.82, 2.24) is 10.6 Å². The number of benzene rings is 1. The van der Waals surface area contributed by atoms with Crippen LogP contribution in [0.25, 0.3) is 0 Å². The molecule has 0 aromatic heterocycles. The van der Waals surface area contributed by atoms with E-state index in [-0.39, 0.29) is 11.8 Å². The van der Waals surface area contributed by atoms with Crippen LogP contribution in [0.2, 0.25) is 10.0 Å². The number of halogens is 2. The van der Waals surface area contributed by atoms with Crippen LogP contribution in [0, 0.1) is 0 Å². The summed E-state index contributed by atoms with van der Waals surface area (Å²) in [5.74, 6) is 0.344. The fraction of sp³-hybridized carbons (Fsp3) is 0.429. The van der Waals surface area contributed by atoms with E-state index < -0.39 is 6.04 Å². The maximum Gasteiger partial charge on any atom is 0.242 e. The fourth-order valence-electron chi connectivity index (χ4n) is 1.99. The monoisotopic (exact) mass is 330 g/mol. The van der Waals surface area contributed by atoms with E-state index in [4.69, 9.17) is 27.9 Å². The first kappa shape index (κ1) is 15.9. The molecule has 2 N–H and O–H groups in total. The van der Waals surface area contributed by atoms with Crippen molar-refractivity contribution in [2.45, 2.75) is 25.3 Å². The van der Waals surface area contributed by atoms with Gasteiger partial charge in [-0.25, -0.2) is 0 Å². The molecule has 1 aromatic rings. The van der Waals surface area contributed by atoms with E-state index in [0.29, 0.717) is 48.2 Å². The molecular formula is C14H16Cl2N2O3. The molecule has 0 spiro atoms. The number of rotatable bonds is 6. The molecule has 2 rings (SSSR count). The number of nitrogens with one attached hydrogen (secondary N) is 2. The van der Waals surface area contributed by atoms with Crippen LogP contribution in [0.15, 0.2) is 18.2 Å². The average Bonchev–Trinajstić information content (AvgIpc) is 2.87. The van der Waals surface area contributed by atoms with E-state index in [0.717, 1.165) is 0 Å². The van der Waals surface area contributed by atoms with Gasteiger partial charge in [0, 0.05) is 18.0 Å². The molecule has 5 nitrogen and oxygen atoms in total. The molecule has 0 radical (unpaired) electrons. The van der Waals surface area contributed by atoms with Gasteiger partial charge in [-0.05, 0) is 31.0 Å². The van der Waals surface area contributed by atoms with Gasteiger partial charge in [-0.3, -0.25) is 9.59 Å². The summed E-state index contributed by atoms with van der Waals surface area (Å²) >= 11 is 11.8. The summed E-state index contributed by atoms with van der Waals surface area (Å²) in [7, 11) is 0. The summed E-state index contributed by atoms with van der Waals surface area (Å²) in [5.41, 5.74) is 0. The van der Waals surface area contributed by atoms with E-state index in [1.165, 1.54) is 0 Å². The lowest BCUT2D eigenvalue weighted by atomic mass is 10.2. The molecule has 1 atom stereocenters. The van der Waals surface area contributed by atoms with Crippen LogP contribution in [0.5, 0.6) is 5.75 Å². The van der Waals surface area contributed by atoms with Crippen molar-refractivity contribution in [3.8, 4) is 5.75 Å². The van der Waals surface area contributed by atoms with Gasteiger partial charge in [0.1, 0.15) is 11.8 Å². The Morgan fingerprint density at radius 3 is 2.90 bits per heavy atom. The van der Waals surface area contributed by atoms with Crippen LogP contribution in [0.1, 0.15) is 19.3 Å². The number of amides is 2. The van der Waals surface area contributed by atoms with Gasteiger partial charge < -0.3 is 15.4 Å². The van der Waals surface area contributed by atoms with Crippen LogP contribution in [-0.2, 0) is 9.59 Å². The van der Waals surface area contributed by atoms with E-state index in [9.17, 15) is 9.59 Å². The van der Waals surface area contributed by atoms with Crippen molar-refractivity contribution in [2.75, 3.05) is 13.2 Å². The molecule has 1 fully saturated rings. The number of carbonyl (C=O) groups excluding carboxylic acids is 2. The first-order valence-corrected chi connectivity index (χ1v) is 7.47. The molecule has 1 aromatic carbocycles. The van der Waals surface area contributed by atoms with Gasteiger partial charge in [0.2, 0.25) is 11.8 Å². The van der Waals surface area contributed by atoms with Crippen LogP contribution in [-0.4, -0.2) is 31.0 Å².